The molecule has 1 heteroatoms. The standard InChI is InChI=1S/C13H19N.C2H6/c1-3-13(9-14)7-11-6-4-5-10(2)12(11)8-13;1-2/h4-6H,3,7-9,14H2,1-2H3;1-2H3. The summed E-state index contributed by atoms with van der Waals surface area (Å²) in [5.74, 6) is 0. The molecule has 1 nitrogen and oxygen atoms in total. The van der Waals surface area contributed by atoms with Gasteiger partial charge in [-0.25, -0.2) is 0 Å². The quantitative estimate of drug-likeness (QED) is 0.809. The normalized spacial score (nSPS) is 22.3. The van der Waals surface area contributed by atoms with Gasteiger partial charge in [0.1, 0.15) is 0 Å². The summed E-state index contributed by atoms with van der Waals surface area (Å²) >= 11 is 0. The van der Waals surface area contributed by atoms with Crippen LogP contribution < -0.4 is 5.73 Å². The SMILES string of the molecule is CC.CCC1(CN)Cc2cccc(C)c2C1. The Bertz CT molecular complexity index is 337. The van der Waals surface area contributed by atoms with Gasteiger partial charge in [0.05, 0.1) is 0 Å². The Morgan fingerprint density at radius 3 is 2.44 bits per heavy atom. The second-order valence-electron chi connectivity index (χ2n) is 4.62. The van der Waals surface area contributed by atoms with E-state index in [0.717, 1.165) is 6.54 Å². The van der Waals surface area contributed by atoms with Crippen molar-refractivity contribution in [2.45, 2.75) is 47.0 Å². The summed E-state index contributed by atoms with van der Waals surface area (Å²) in [6.07, 6.45) is 3.55. The first kappa shape index (κ1) is 13.2. The number of hydrogen-bond donors (Lipinski definition) is 1. The molecule has 1 aromatic carbocycles. The molecule has 0 amide bonds. The molecular formula is C15H25N. The van der Waals surface area contributed by atoms with Gasteiger partial charge in [-0.2, -0.15) is 0 Å². The fourth-order valence-electron chi connectivity index (χ4n) is 2.56. The van der Waals surface area contributed by atoms with Crippen LogP contribution >= 0.6 is 0 Å². The molecule has 0 bridgehead atoms. The lowest BCUT2D eigenvalue weighted by Gasteiger charge is -2.25. The fourth-order valence-corrected chi connectivity index (χ4v) is 2.56. The number of fused-ring (bicyclic) bond motifs is 1. The molecule has 0 saturated carbocycles. The Labute approximate surface area is 100 Å². The second kappa shape index (κ2) is 5.49. The van der Waals surface area contributed by atoms with Crippen molar-refractivity contribution in [1.82, 2.24) is 0 Å². The molecular weight excluding hydrogens is 194 g/mol. The minimum absolute atomic E-state index is 0.356. The van der Waals surface area contributed by atoms with Gasteiger partial charge in [-0.15, -0.1) is 0 Å². The van der Waals surface area contributed by atoms with Crippen LogP contribution in [0.25, 0.3) is 0 Å². The molecule has 0 spiro atoms. The summed E-state index contributed by atoms with van der Waals surface area (Å²) in [5.41, 5.74) is 10.8. The highest BCUT2D eigenvalue weighted by molar-refractivity contribution is 5.40. The fraction of sp³-hybridized carbons (Fsp3) is 0.600. The first-order valence-corrected chi connectivity index (χ1v) is 6.48. The molecule has 1 atom stereocenters. The van der Waals surface area contributed by atoms with Gasteiger partial charge in [0.25, 0.3) is 0 Å². The van der Waals surface area contributed by atoms with Gasteiger partial charge in [-0.3, -0.25) is 0 Å². The third-order valence-electron chi connectivity index (χ3n) is 3.81. The molecule has 2 N–H and O–H groups in total. The number of benzene rings is 1. The second-order valence-corrected chi connectivity index (χ2v) is 4.62. The Hall–Kier alpha value is -0.820. The van der Waals surface area contributed by atoms with Crippen molar-refractivity contribution >= 4 is 0 Å². The largest absolute Gasteiger partial charge is 0.330 e. The molecule has 90 valence electrons. The van der Waals surface area contributed by atoms with E-state index in [0.29, 0.717) is 5.41 Å². The summed E-state index contributed by atoms with van der Waals surface area (Å²) in [6.45, 7) is 9.28. The van der Waals surface area contributed by atoms with Crippen LogP contribution in [-0.2, 0) is 12.8 Å². The molecule has 0 heterocycles. The van der Waals surface area contributed by atoms with Crippen molar-refractivity contribution in [3.8, 4) is 0 Å². The summed E-state index contributed by atoms with van der Waals surface area (Å²) in [6, 6.07) is 6.63. The van der Waals surface area contributed by atoms with E-state index in [1.165, 1.54) is 30.4 Å². The van der Waals surface area contributed by atoms with E-state index in [4.69, 9.17) is 5.73 Å². The van der Waals surface area contributed by atoms with Crippen molar-refractivity contribution in [2.24, 2.45) is 11.1 Å². The first-order valence-electron chi connectivity index (χ1n) is 6.48. The highest BCUT2D eigenvalue weighted by atomic mass is 14.6. The maximum atomic E-state index is 5.91. The van der Waals surface area contributed by atoms with Crippen molar-refractivity contribution in [3.63, 3.8) is 0 Å². The highest BCUT2D eigenvalue weighted by Gasteiger charge is 2.34. The zero-order valence-electron chi connectivity index (χ0n) is 11.1. The molecule has 16 heavy (non-hydrogen) atoms. The van der Waals surface area contributed by atoms with E-state index in [1.54, 1.807) is 5.56 Å². The highest BCUT2D eigenvalue weighted by Crippen LogP contribution is 2.39. The lowest BCUT2D eigenvalue weighted by Crippen LogP contribution is -2.30. The molecule has 0 aliphatic heterocycles. The molecule has 1 aliphatic rings. The monoisotopic (exact) mass is 219 g/mol. The van der Waals surface area contributed by atoms with Gasteiger partial charge in [0.2, 0.25) is 0 Å². The molecule has 0 radical (unpaired) electrons. The van der Waals surface area contributed by atoms with Crippen molar-refractivity contribution in [1.29, 1.82) is 0 Å². The molecule has 0 saturated heterocycles. The molecule has 1 aromatic rings. The third kappa shape index (κ3) is 2.30. The lowest BCUT2D eigenvalue weighted by molar-refractivity contribution is 0.304. The van der Waals surface area contributed by atoms with Crippen molar-refractivity contribution in [3.05, 3.63) is 34.9 Å². The average molecular weight is 219 g/mol. The van der Waals surface area contributed by atoms with Gasteiger partial charge < -0.3 is 5.73 Å². The van der Waals surface area contributed by atoms with Crippen LogP contribution in [0.4, 0.5) is 0 Å². The lowest BCUT2D eigenvalue weighted by atomic mass is 9.82. The average Bonchev–Trinajstić information content (AvgIpc) is 2.73. The van der Waals surface area contributed by atoms with Gasteiger partial charge >= 0.3 is 0 Å². The van der Waals surface area contributed by atoms with Crippen LogP contribution in [-0.4, -0.2) is 6.54 Å². The van der Waals surface area contributed by atoms with Crippen LogP contribution in [0.2, 0.25) is 0 Å². The van der Waals surface area contributed by atoms with Crippen LogP contribution in [0, 0.1) is 12.3 Å². The van der Waals surface area contributed by atoms with Crippen LogP contribution in [0.5, 0.6) is 0 Å². The molecule has 1 aliphatic carbocycles. The Morgan fingerprint density at radius 2 is 1.94 bits per heavy atom. The van der Waals surface area contributed by atoms with E-state index >= 15 is 0 Å². The predicted molar refractivity (Wildman–Crippen MR) is 71.7 cm³/mol. The minimum atomic E-state index is 0.356. The smallest absolute Gasteiger partial charge is 0.00142 e. The zero-order chi connectivity index (χ0) is 12.2. The summed E-state index contributed by atoms with van der Waals surface area (Å²) in [5, 5.41) is 0. The van der Waals surface area contributed by atoms with E-state index in [2.05, 4.69) is 32.0 Å². The minimum Gasteiger partial charge on any atom is -0.330 e. The van der Waals surface area contributed by atoms with Crippen molar-refractivity contribution in [2.75, 3.05) is 6.54 Å². The number of nitrogens with two attached hydrogens (primary N) is 1. The predicted octanol–water partition coefficient (Wildman–Crippen LogP) is 3.47. The van der Waals surface area contributed by atoms with Crippen molar-refractivity contribution < 1.29 is 0 Å². The van der Waals surface area contributed by atoms with Gasteiger partial charge in [0.15, 0.2) is 0 Å². The molecule has 0 fully saturated rings. The number of rotatable bonds is 2. The first-order chi connectivity index (χ1) is 7.71. The van der Waals surface area contributed by atoms with E-state index in [9.17, 15) is 0 Å². The molecule has 1 unspecified atom stereocenters. The number of aryl methyl sites for hydroxylation is 1. The van der Waals surface area contributed by atoms with Crippen LogP contribution in [0.1, 0.15) is 43.9 Å². The van der Waals surface area contributed by atoms with Crippen LogP contribution in [0.3, 0.4) is 0 Å². The van der Waals surface area contributed by atoms with Gasteiger partial charge in [0, 0.05) is 0 Å². The maximum Gasteiger partial charge on any atom is -0.00142 e. The van der Waals surface area contributed by atoms with Gasteiger partial charge in [-0.1, -0.05) is 39.0 Å². The maximum absolute atomic E-state index is 5.91. The Morgan fingerprint density at radius 1 is 1.25 bits per heavy atom. The van der Waals surface area contributed by atoms with E-state index < -0.39 is 0 Å². The number of hydrogen-bond acceptors (Lipinski definition) is 1. The van der Waals surface area contributed by atoms with E-state index in [-0.39, 0.29) is 0 Å². The topological polar surface area (TPSA) is 26.0 Å². The summed E-state index contributed by atoms with van der Waals surface area (Å²) in [4.78, 5) is 0. The molecule has 2 rings (SSSR count). The van der Waals surface area contributed by atoms with Crippen LogP contribution in [0.15, 0.2) is 18.2 Å². The third-order valence-corrected chi connectivity index (χ3v) is 3.81. The Kier molecular flexibility index (Phi) is 4.55. The van der Waals surface area contributed by atoms with E-state index in [1.807, 2.05) is 13.8 Å². The Balaban J connectivity index is 0.000000606. The summed E-state index contributed by atoms with van der Waals surface area (Å²) < 4.78 is 0. The zero-order valence-corrected chi connectivity index (χ0v) is 11.1. The molecule has 0 aromatic heterocycles. The van der Waals surface area contributed by atoms with Gasteiger partial charge in [-0.05, 0) is 54.8 Å². The summed E-state index contributed by atoms with van der Waals surface area (Å²) in [7, 11) is 0.